The van der Waals surface area contributed by atoms with Gasteiger partial charge in [-0.25, -0.2) is 0 Å². The number of carbonyl (C=O) groups is 2. The van der Waals surface area contributed by atoms with Crippen molar-refractivity contribution in [2.24, 2.45) is 0 Å². The number of thioether (sulfide) groups is 1. The Morgan fingerprint density at radius 2 is 1.92 bits per heavy atom. The van der Waals surface area contributed by atoms with Crippen LogP contribution in [0.25, 0.3) is 6.08 Å². The van der Waals surface area contributed by atoms with Gasteiger partial charge in [-0.2, -0.15) is 0 Å². The van der Waals surface area contributed by atoms with E-state index >= 15 is 0 Å². The molecular weight excluding hydrogens is 344 g/mol. The highest BCUT2D eigenvalue weighted by Crippen LogP contribution is 2.44. The number of nitrogens with zero attached hydrogens (tertiary/aromatic N) is 2. The van der Waals surface area contributed by atoms with E-state index in [4.69, 9.17) is 0 Å². The molecule has 0 saturated carbocycles. The van der Waals surface area contributed by atoms with Gasteiger partial charge in [0.2, 0.25) is 0 Å². The molecule has 2 aliphatic rings. The van der Waals surface area contributed by atoms with Crippen LogP contribution < -0.4 is 4.90 Å². The molecule has 4 nitrogen and oxygen atoms in total. The quantitative estimate of drug-likeness (QED) is 0.687. The van der Waals surface area contributed by atoms with E-state index in [1.807, 2.05) is 13.0 Å². The van der Waals surface area contributed by atoms with Gasteiger partial charge in [-0.05, 0) is 93.6 Å². The predicted octanol–water partition coefficient (Wildman–Crippen LogP) is 5.16. The van der Waals surface area contributed by atoms with E-state index in [1.165, 1.54) is 16.2 Å². The van der Waals surface area contributed by atoms with E-state index in [0.717, 1.165) is 35.9 Å². The van der Waals surface area contributed by atoms with Gasteiger partial charge in [0.15, 0.2) is 0 Å². The third-order valence-electron chi connectivity index (χ3n) is 5.57. The SMILES string of the molecule is CCN1C(=O)S/C(=C/c2cc3c(cc2C)N(CC)C(C)(C)CC3C)C1=O. The molecule has 1 aromatic carbocycles. The fourth-order valence-corrected chi connectivity index (χ4v) is 5.21. The van der Waals surface area contributed by atoms with Gasteiger partial charge in [-0.1, -0.05) is 6.92 Å². The number of anilines is 1. The maximum absolute atomic E-state index is 12.4. The first-order valence-corrected chi connectivity index (χ1v) is 10.2. The average Bonchev–Trinajstić information content (AvgIpc) is 2.81. The van der Waals surface area contributed by atoms with Crippen LogP contribution in [0, 0.1) is 6.92 Å². The lowest BCUT2D eigenvalue weighted by Crippen LogP contribution is -2.48. The lowest BCUT2D eigenvalue weighted by molar-refractivity contribution is -0.122. The highest BCUT2D eigenvalue weighted by molar-refractivity contribution is 8.18. The molecule has 0 bridgehead atoms. The lowest BCUT2D eigenvalue weighted by atomic mass is 9.79. The molecule has 1 aromatic rings. The van der Waals surface area contributed by atoms with Gasteiger partial charge in [0, 0.05) is 24.3 Å². The van der Waals surface area contributed by atoms with Crippen LogP contribution in [-0.2, 0) is 4.79 Å². The zero-order valence-electron chi connectivity index (χ0n) is 16.5. The Labute approximate surface area is 160 Å². The summed E-state index contributed by atoms with van der Waals surface area (Å²) in [5, 5.41) is -0.174. The standard InChI is InChI=1S/C21H28N2O2S/c1-7-22-19(24)18(26-20(22)25)11-15-10-16-14(4)12-21(5,6)23(8-2)17(16)9-13(15)3/h9-11,14H,7-8,12H2,1-6H3/b18-11+. The van der Waals surface area contributed by atoms with Crippen molar-refractivity contribution in [3.8, 4) is 0 Å². The first-order chi connectivity index (χ1) is 12.2. The molecule has 2 aliphatic heterocycles. The van der Waals surface area contributed by atoms with Gasteiger partial charge in [0.05, 0.1) is 4.91 Å². The number of aryl methyl sites for hydroxylation is 1. The van der Waals surface area contributed by atoms with Gasteiger partial charge in [0.1, 0.15) is 0 Å². The Balaban J connectivity index is 2.05. The number of imide groups is 1. The minimum Gasteiger partial charge on any atom is -0.366 e. The smallest absolute Gasteiger partial charge is 0.293 e. The number of likely N-dealkylation sites (N-methyl/N-ethyl adjacent to an activating group) is 1. The fourth-order valence-electron chi connectivity index (χ4n) is 4.32. The molecule has 1 saturated heterocycles. The Morgan fingerprint density at radius 1 is 1.23 bits per heavy atom. The summed E-state index contributed by atoms with van der Waals surface area (Å²) in [6, 6.07) is 4.46. The van der Waals surface area contributed by atoms with Crippen molar-refractivity contribution in [1.29, 1.82) is 0 Å². The Hall–Kier alpha value is -1.75. The van der Waals surface area contributed by atoms with Crippen LogP contribution >= 0.6 is 11.8 Å². The Morgan fingerprint density at radius 3 is 2.50 bits per heavy atom. The zero-order valence-corrected chi connectivity index (χ0v) is 17.4. The largest absolute Gasteiger partial charge is 0.366 e. The highest BCUT2D eigenvalue weighted by atomic mass is 32.2. The summed E-state index contributed by atoms with van der Waals surface area (Å²) in [5.41, 5.74) is 4.94. The van der Waals surface area contributed by atoms with Gasteiger partial charge < -0.3 is 4.90 Å². The summed E-state index contributed by atoms with van der Waals surface area (Å²) in [7, 11) is 0. The second-order valence-electron chi connectivity index (χ2n) is 7.86. The molecule has 140 valence electrons. The van der Waals surface area contributed by atoms with Crippen molar-refractivity contribution in [3.63, 3.8) is 0 Å². The van der Waals surface area contributed by atoms with Gasteiger partial charge in [-0.15, -0.1) is 0 Å². The van der Waals surface area contributed by atoms with Gasteiger partial charge in [0.25, 0.3) is 11.1 Å². The summed E-state index contributed by atoms with van der Waals surface area (Å²) in [6.07, 6.45) is 2.99. The van der Waals surface area contributed by atoms with E-state index in [2.05, 4.69) is 51.7 Å². The molecule has 5 heteroatoms. The van der Waals surface area contributed by atoms with Crippen molar-refractivity contribution in [3.05, 3.63) is 33.7 Å². The van der Waals surface area contributed by atoms with Crippen LogP contribution in [-0.4, -0.2) is 34.7 Å². The molecule has 2 heterocycles. The van der Waals surface area contributed by atoms with Crippen molar-refractivity contribution in [1.82, 2.24) is 4.90 Å². The lowest BCUT2D eigenvalue weighted by Gasteiger charge is -2.47. The molecule has 0 aromatic heterocycles. The van der Waals surface area contributed by atoms with Crippen molar-refractivity contribution in [2.75, 3.05) is 18.0 Å². The number of benzene rings is 1. The number of hydrogen-bond donors (Lipinski definition) is 0. The molecule has 1 atom stereocenters. The molecule has 2 amide bonds. The molecule has 3 rings (SSSR count). The van der Waals surface area contributed by atoms with Crippen LogP contribution in [0.15, 0.2) is 17.0 Å². The first kappa shape index (κ1) is 19.0. The van der Waals surface area contributed by atoms with Crippen LogP contribution in [0.3, 0.4) is 0 Å². The third kappa shape index (κ3) is 3.07. The maximum Gasteiger partial charge on any atom is 0.293 e. The van der Waals surface area contributed by atoms with Gasteiger partial charge >= 0.3 is 0 Å². The molecule has 1 unspecified atom stereocenters. The van der Waals surface area contributed by atoms with Crippen molar-refractivity contribution < 1.29 is 9.59 Å². The Bertz CT molecular complexity index is 797. The number of fused-ring (bicyclic) bond motifs is 1. The van der Waals surface area contributed by atoms with Crippen LogP contribution in [0.1, 0.15) is 63.6 Å². The second-order valence-corrected chi connectivity index (χ2v) is 8.85. The number of hydrogen-bond acceptors (Lipinski definition) is 4. The van der Waals surface area contributed by atoms with Crippen LogP contribution in [0.2, 0.25) is 0 Å². The molecular formula is C21H28N2O2S. The molecule has 1 fully saturated rings. The summed E-state index contributed by atoms with van der Waals surface area (Å²) in [6.45, 7) is 14.4. The van der Waals surface area contributed by atoms with Crippen molar-refractivity contribution in [2.45, 2.75) is 59.4 Å². The van der Waals surface area contributed by atoms with E-state index < -0.39 is 0 Å². The average molecular weight is 373 g/mol. The molecule has 0 aliphatic carbocycles. The second kappa shape index (κ2) is 6.76. The van der Waals surface area contributed by atoms with E-state index in [1.54, 1.807) is 0 Å². The summed E-state index contributed by atoms with van der Waals surface area (Å²) in [5.74, 6) is 0.283. The van der Waals surface area contributed by atoms with Crippen LogP contribution in [0.4, 0.5) is 10.5 Å². The molecule has 0 spiro atoms. The van der Waals surface area contributed by atoms with Gasteiger partial charge in [-0.3, -0.25) is 14.5 Å². The normalized spacial score (nSPS) is 23.8. The first-order valence-electron chi connectivity index (χ1n) is 9.37. The summed E-state index contributed by atoms with van der Waals surface area (Å²) in [4.78, 5) is 28.7. The predicted molar refractivity (Wildman–Crippen MR) is 110 cm³/mol. The molecule has 0 radical (unpaired) electrons. The number of rotatable bonds is 3. The number of carbonyl (C=O) groups excluding carboxylic acids is 2. The monoisotopic (exact) mass is 372 g/mol. The Kier molecular flexibility index (Phi) is 4.95. The fraction of sp³-hybridized carbons (Fsp3) is 0.524. The molecule has 0 N–H and O–H groups in total. The highest BCUT2D eigenvalue weighted by Gasteiger charge is 2.36. The zero-order chi connectivity index (χ0) is 19.2. The minimum atomic E-state index is -0.177. The topological polar surface area (TPSA) is 40.6 Å². The van der Waals surface area contributed by atoms with E-state index in [9.17, 15) is 9.59 Å². The third-order valence-corrected chi connectivity index (χ3v) is 6.47. The van der Waals surface area contributed by atoms with E-state index in [0.29, 0.717) is 17.4 Å². The van der Waals surface area contributed by atoms with E-state index in [-0.39, 0.29) is 16.7 Å². The van der Waals surface area contributed by atoms with Crippen molar-refractivity contribution >= 4 is 34.7 Å². The summed E-state index contributed by atoms with van der Waals surface area (Å²) >= 11 is 1.04. The minimum absolute atomic E-state index is 0.138. The maximum atomic E-state index is 12.4. The number of amides is 2. The molecule has 26 heavy (non-hydrogen) atoms. The summed E-state index contributed by atoms with van der Waals surface area (Å²) < 4.78 is 0. The van der Waals surface area contributed by atoms with Crippen LogP contribution in [0.5, 0.6) is 0 Å².